The maximum absolute atomic E-state index is 12.1. The number of urea groups is 1. The molecule has 1 aromatic carbocycles. The van der Waals surface area contributed by atoms with E-state index in [2.05, 4.69) is 26.6 Å². The Labute approximate surface area is 148 Å². The third kappa shape index (κ3) is 4.43. The van der Waals surface area contributed by atoms with Crippen molar-refractivity contribution in [1.82, 2.24) is 20.2 Å². The van der Waals surface area contributed by atoms with Crippen LogP contribution < -0.4 is 20.3 Å². The molecule has 1 aliphatic rings. The maximum atomic E-state index is 12.1. The van der Waals surface area contributed by atoms with E-state index >= 15 is 0 Å². The lowest BCUT2D eigenvalue weighted by Crippen LogP contribution is -2.47. The number of para-hydroxylation sites is 2. The molecule has 2 N–H and O–H groups in total. The first-order valence-electron chi connectivity index (χ1n) is 8.55. The van der Waals surface area contributed by atoms with Gasteiger partial charge in [0.15, 0.2) is 0 Å². The zero-order valence-corrected chi connectivity index (χ0v) is 14.7. The Morgan fingerprint density at radius 2 is 2.08 bits per heavy atom. The van der Waals surface area contributed by atoms with Gasteiger partial charge in [-0.3, -0.25) is 0 Å². The summed E-state index contributed by atoms with van der Waals surface area (Å²) in [7, 11) is 3.60. The van der Waals surface area contributed by atoms with Crippen LogP contribution in [0.2, 0.25) is 0 Å². The van der Waals surface area contributed by atoms with Crippen molar-refractivity contribution < 1.29 is 9.53 Å². The lowest BCUT2D eigenvalue weighted by atomic mass is 10.0. The van der Waals surface area contributed by atoms with Crippen LogP contribution in [0, 0.1) is 0 Å². The molecule has 134 valence electrons. The summed E-state index contributed by atoms with van der Waals surface area (Å²) in [5.41, 5.74) is 1.96. The Bertz CT molecular complexity index is 707. The average Bonchev–Trinajstić information content (AvgIpc) is 3.06. The Morgan fingerprint density at radius 1 is 1.32 bits per heavy atom. The van der Waals surface area contributed by atoms with E-state index in [4.69, 9.17) is 4.74 Å². The number of aryl methyl sites for hydroxylation is 1. The number of piperidine rings is 1. The van der Waals surface area contributed by atoms with Crippen molar-refractivity contribution in [2.45, 2.75) is 25.4 Å². The predicted octanol–water partition coefficient (Wildman–Crippen LogP) is 1.90. The minimum Gasteiger partial charge on any atom is -0.495 e. The summed E-state index contributed by atoms with van der Waals surface area (Å²) in [6.07, 6.45) is 5.44. The number of hydrogen-bond donors (Lipinski definition) is 2. The number of nitrogens with one attached hydrogen (secondary N) is 2. The van der Waals surface area contributed by atoms with E-state index in [0.717, 1.165) is 43.1 Å². The Morgan fingerprint density at radius 3 is 2.76 bits per heavy atom. The number of imidazole rings is 1. The van der Waals surface area contributed by atoms with Crippen molar-refractivity contribution in [3.05, 3.63) is 42.5 Å². The average molecular weight is 343 g/mol. The van der Waals surface area contributed by atoms with Gasteiger partial charge in [0, 0.05) is 32.4 Å². The van der Waals surface area contributed by atoms with Crippen molar-refractivity contribution in [2.75, 3.05) is 25.1 Å². The van der Waals surface area contributed by atoms with Gasteiger partial charge in [-0.25, -0.2) is 9.78 Å². The molecule has 25 heavy (non-hydrogen) atoms. The van der Waals surface area contributed by atoms with Gasteiger partial charge >= 0.3 is 6.03 Å². The molecule has 0 unspecified atom stereocenters. The highest BCUT2D eigenvalue weighted by Crippen LogP contribution is 2.29. The highest BCUT2D eigenvalue weighted by atomic mass is 16.5. The minimum absolute atomic E-state index is 0.138. The highest BCUT2D eigenvalue weighted by molar-refractivity contribution is 5.74. The van der Waals surface area contributed by atoms with Gasteiger partial charge < -0.3 is 24.8 Å². The summed E-state index contributed by atoms with van der Waals surface area (Å²) in [6.45, 7) is 2.23. The number of ether oxygens (including phenoxy) is 1. The zero-order chi connectivity index (χ0) is 17.6. The maximum Gasteiger partial charge on any atom is 0.315 e. The van der Waals surface area contributed by atoms with Crippen molar-refractivity contribution in [3.63, 3.8) is 0 Å². The number of carbonyl (C=O) groups excluding carboxylic acids is 1. The first-order chi connectivity index (χ1) is 12.2. The van der Waals surface area contributed by atoms with Crippen molar-refractivity contribution >= 4 is 11.7 Å². The van der Waals surface area contributed by atoms with Gasteiger partial charge in [-0.05, 0) is 25.0 Å². The number of amides is 2. The van der Waals surface area contributed by atoms with Crippen molar-refractivity contribution in [2.24, 2.45) is 7.05 Å². The van der Waals surface area contributed by atoms with Gasteiger partial charge in [-0.2, -0.15) is 0 Å². The molecule has 0 atom stereocenters. The number of carbonyl (C=O) groups is 1. The molecular weight excluding hydrogens is 318 g/mol. The lowest BCUT2D eigenvalue weighted by molar-refractivity contribution is 0.234. The smallest absolute Gasteiger partial charge is 0.315 e. The Kier molecular flexibility index (Phi) is 5.42. The van der Waals surface area contributed by atoms with Crippen LogP contribution in [0.4, 0.5) is 10.5 Å². The van der Waals surface area contributed by atoms with Gasteiger partial charge in [0.1, 0.15) is 5.75 Å². The van der Waals surface area contributed by atoms with Crippen LogP contribution >= 0.6 is 0 Å². The Hall–Kier alpha value is -2.70. The van der Waals surface area contributed by atoms with Gasteiger partial charge in [0.25, 0.3) is 0 Å². The molecule has 0 aliphatic carbocycles. The molecule has 1 saturated heterocycles. The molecule has 0 spiro atoms. The molecule has 2 heterocycles. The first-order valence-corrected chi connectivity index (χ1v) is 8.55. The topological polar surface area (TPSA) is 71.4 Å². The van der Waals surface area contributed by atoms with Crippen LogP contribution in [0.5, 0.6) is 5.75 Å². The third-order valence-corrected chi connectivity index (χ3v) is 4.44. The molecule has 3 rings (SSSR count). The van der Waals surface area contributed by atoms with Gasteiger partial charge in [0.2, 0.25) is 0 Å². The molecule has 2 aromatic rings. The second-order valence-corrected chi connectivity index (χ2v) is 6.29. The van der Waals surface area contributed by atoms with Crippen molar-refractivity contribution in [1.29, 1.82) is 0 Å². The van der Waals surface area contributed by atoms with E-state index in [1.54, 1.807) is 13.4 Å². The predicted molar refractivity (Wildman–Crippen MR) is 96.8 cm³/mol. The first kappa shape index (κ1) is 17.1. The lowest BCUT2D eigenvalue weighted by Gasteiger charge is -2.34. The SMILES string of the molecule is COc1ccccc1N1CCC(NC(=O)NCc2cn(C)cn2)CC1. The number of nitrogens with zero attached hydrogens (tertiary/aromatic N) is 3. The van der Waals surface area contributed by atoms with E-state index in [1.165, 1.54) is 0 Å². The van der Waals surface area contributed by atoms with Crippen LogP contribution in [0.25, 0.3) is 0 Å². The van der Waals surface area contributed by atoms with Crippen LogP contribution in [0.3, 0.4) is 0 Å². The number of anilines is 1. The summed E-state index contributed by atoms with van der Waals surface area (Å²) in [5, 5.41) is 5.92. The number of hydrogen-bond acceptors (Lipinski definition) is 4. The molecule has 1 aromatic heterocycles. The third-order valence-electron chi connectivity index (χ3n) is 4.44. The minimum atomic E-state index is -0.138. The molecule has 7 heteroatoms. The second-order valence-electron chi connectivity index (χ2n) is 6.29. The normalized spacial score (nSPS) is 15.0. The fourth-order valence-electron chi connectivity index (χ4n) is 3.12. The van der Waals surface area contributed by atoms with Gasteiger partial charge in [-0.1, -0.05) is 12.1 Å². The van der Waals surface area contributed by atoms with Crippen LogP contribution in [0.1, 0.15) is 18.5 Å². The van der Waals surface area contributed by atoms with Gasteiger partial charge in [-0.15, -0.1) is 0 Å². The number of aromatic nitrogens is 2. The molecule has 1 fully saturated rings. The number of rotatable bonds is 5. The van der Waals surface area contributed by atoms with E-state index in [0.29, 0.717) is 6.54 Å². The van der Waals surface area contributed by atoms with Crippen LogP contribution in [-0.4, -0.2) is 41.8 Å². The number of methoxy groups -OCH3 is 1. The largest absolute Gasteiger partial charge is 0.495 e. The van der Waals surface area contributed by atoms with Crippen LogP contribution in [-0.2, 0) is 13.6 Å². The van der Waals surface area contributed by atoms with Crippen LogP contribution in [0.15, 0.2) is 36.8 Å². The highest BCUT2D eigenvalue weighted by Gasteiger charge is 2.22. The molecule has 7 nitrogen and oxygen atoms in total. The summed E-state index contributed by atoms with van der Waals surface area (Å²) in [6, 6.07) is 8.10. The molecule has 0 radical (unpaired) electrons. The zero-order valence-electron chi connectivity index (χ0n) is 14.7. The fourth-order valence-corrected chi connectivity index (χ4v) is 3.12. The van der Waals surface area contributed by atoms with E-state index in [-0.39, 0.29) is 12.1 Å². The quantitative estimate of drug-likeness (QED) is 0.870. The molecular formula is C18H25N5O2. The van der Waals surface area contributed by atoms with Crippen molar-refractivity contribution in [3.8, 4) is 5.75 Å². The van der Waals surface area contributed by atoms with E-state index in [9.17, 15) is 4.79 Å². The summed E-state index contributed by atoms with van der Waals surface area (Å²) in [5.74, 6) is 0.891. The number of benzene rings is 1. The molecule has 2 amide bonds. The molecule has 0 bridgehead atoms. The Balaban J connectivity index is 1.45. The second kappa shape index (κ2) is 7.92. The molecule has 0 saturated carbocycles. The summed E-state index contributed by atoms with van der Waals surface area (Å²) >= 11 is 0. The molecule has 1 aliphatic heterocycles. The fraction of sp³-hybridized carbons (Fsp3) is 0.444. The van der Waals surface area contributed by atoms with Gasteiger partial charge in [0.05, 0.1) is 31.4 Å². The monoisotopic (exact) mass is 343 g/mol. The standard InChI is InChI=1S/C18H25N5O2/c1-22-12-15(20-13-22)11-19-18(24)21-14-7-9-23(10-8-14)16-5-3-4-6-17(16)25-2/h3-6,12-14H,7-11H2,1-2H3,(H2,19,21,24). The van der Waals surface area contributed by atoms with E-state index in [1.807, 2.05) is 36.0 Å². The van der Waals surface area contributed by atoms with E-state index < -0.39 is 0 Å². The summed E-state index contributed by atoms with van der Waals surface area (Å²) in [4.78, 5) is 18.6. The summed E-state index contributed by atoms with van der Waals surface area (Å²) < 4.78 is 7.30.